The van der Waals surface area contributed by atoms with Crippen LogP contribution in [0.5, 0.6) is 0 Å². The third kappa shape index (κ3) is 1.72. The van der Waals surface area contributed by atoms with E-state index in [2.05, 4.69) is 4.98 Å². The summed E-state index contributed by atoms with van der Waals surface area (Å²) in [4.78, 5) is 3.13. The molecule has 0 saturated carbocycles. The lowest BCUT2D eigenvalue weighted by molar-refractivity contribution is 0.151. The third-order valence-corrected chi connectivity index (χ3v) is 1.64. The van der Waals surface area contributed by atoms with Crippen LogP contribution in [0, 0.1) is 5.95 Å². The van der Waals surface area contributed by atoms with E-state index in [1.165, 1.54) is 0 Å². The minimum Gasteiger partial charge on any atom is -0.398 e. The van der Waals surface area contributed by atoms with E-state index in [0.29, 0.717) is 6.20 Å². The maximum Gasteiger partial charge on any atom is 0.267 e. The summed E-state index contributed by atoms with van der Waals surface area (Å²) in [5.74, 6) is -0.899. The summed E-state index contributed by atoms with van der Waals surface area (Å²) in [6, 6.07) is 0. The summed E-state index contributed by atoms with van der Waals surface area (Å²) in [5.41, 5.74) is 9.40. The van der Waals surface area contributed by atoms with Crippen molar-refractivity contribution in [3.05, 3.63) is 23.3 Å². The highest BCUT2D eigenvalue weighted by atomic mass is 19.3. The molecule has 4 N–H and O–H groups in total. The highest BCUT2D eigenvalue weighted by molar-refractivity contribution is 5.52. The van der Waals surface area contributed by atoms with Crippen molar-refractivity contribution < 1.29 is 13.2 Å². The number of halogens is 3. The molecule has 0 aliphatic rings. The number of hydrogen-bond acceptors (Lipinski definition) is 3. The van der Waals surface area contributed by atoms with E-state index in [0.717, 1.165) is 0 Å². The Balaban J connectivity index is 3.27. The summed E-state index contributed by atoms with van der Waals surface area (Å²) in [5, 5.41) is 0. The Bertz CT molecular complexity index is 314. The quantitative estimate of drug-likeness (QED) is 0.690. The van der Waals surface area contributed by atoms with Gasteiger partial charge in [-0.1, -0.05) is 0 Å². The summed E-state index contributed by atoms with van der Waals surface area (Å²) in [6.45, 7) is -0.245. The number of hydrogen-bond donors (Lipinski definition) is 2. The second kappa shape index (κ2) is 3.61. The van der Waals surface area contributed by atoms with Gasteiger partial charge < -0.3 is 11.5 Å². The lowest BCUT2D eigenvalue weighted by Crippen LogP contribution is -2.09. The van der Waals surface area contributed by atoms with Crippen LogP contribution in [0.25, 0.3) is 0 Å². The van der Waals surface area contributed by atoms with Gasteiger partial charge in [-0.15, -0.1) is 0 Å². The number of pyridine rings is 1. The first-order valence-corrected chi connectivity index (χ1v) is 3.49. The predicted molar refractivity (Wildman–Crippen MR) is 41.5 cm³/mol. The van der Waals surface area contributed by atoms with Gasteiger partial charge in [0.25, 0.3) is 6.43 Å². The Morgan fingerprint density at radius 2 is 2.08 bits per heavy atom. The SMILES string of the molecule is NCc1c(F)ncc(C(F)F)c1N. The van der Waals surface area contributed by atoms with Crippen LogP contribution in [0.3, 0.4) is 0 Å². The number of nitrogen functional groups attached to an aromatic ring is 1. The maximum absolute atomic E-state index is 12.8. The van der Waals surface area contributed by atoms with Crippen LogP contribution in [0.2, 0.25) is 0 Å². The van der Waals surface area contributed by atoms with Crippen LogP contribution >= 0.6 is 0 Å². The van der Waals surface area contributed by atoms with Crippen molar-refractivity contribution in [3.63, 3.8) is 0 Å². The molecule has 1 rings (SSSR count). The standard InChI is InChI=1S/C7H8F3N3/c8-6(9)4-2-13-7(10)3(1-11)5(4)12/h2,6H,1,11H2,(H2,12,13). The molecule has 1 aromatic rings. The monoisotopic (exact) mass is 191 g/mol. The largest absolute Gasteiger partial charge is 0.398 e. The lowest BCUT2D eigenvalue weighted by atomic mass is 10.1. The van der Waals surface area contributed by atoms with Crippen LogP contribution in [0.4, 0.5) is 18.9 Å². The first-order valence-electron chi connectivity index (χ1n) is 3.49. The Morgan fingerprint density at radius 1 is 1.46 bits per heavy atom. The van der Waals surface area contributed by atoms with Gasteiger partial charge >= 0.3 is 0 Å². The average Bonchev–Trinajstić information content (AvgIpc) is 2.04. The first-order chi connectivity index (χ1) is 6.07. The molecule has 3 nitrogen and oxygen atoms in total. The van der Waals surface area contributed by atoms with Crippen LogP contribution in [-0.2, 0) is 6.54 Å². The highest BCUT2D eigenvalue weighted by Crippen LogP contribution is 2.27. The van der Waals surface area contributed by atoms with Gasteiger partial charge in [0.05, 0.1) is 11.3 Å². The molecule has 0 amide bonds. The number of nitrogens with zero attached hydrogens (tertiary/aromatic N) is 1. The van der Waals surface area contributed by atoms with Crippen molar-refractivity contribution in [2.24, 2.45) is 5.73 Å². The number of rotatable bonds is 2. The molecule has 13 heavy (non-hydrogen) atoms. The van der Waals surface area contributed by atoms with Crippen LogP contribution < -0.4 is 11.5 Å². The fourth-order valence-electron chi connectivity index (χ4n) is 0.927. The lowest BCUT2D eigenvalue weighted by Gasteiger charge is -2.08. The van der Waals surface area contributed by atoms with Crippen molar-refractivity contribution in [2.75, 3.05) is 5.73 Å². The van der Waals surface area contributed by atoms with Crippen molar-refractivity contribution in [2.45, 2.75) is 13.0 Å². The number of aromatic nitrogens is 1. The zero-order valence-electron chi connectivity index (χ0n) is 6.60. The van der Waals surface area contributed by atoms with Crippen molar-refractivity contribution in [1.29, 1.82) is 0 Å². The Kier molecular flexibility index (Phi) is 2.72. The molecule has 1 aromatic heterocycles. The molecule has 0 radical (unpaired) electrons. The molecule has 0 aliphatic carbocycles. The van der Waals surface area contributed by atoms with Crippen molar-refractivity contribution in [3.8, 4) is 0 Å². The zero-order valence-corrected chi connectivity index (χ0v) is 6.60. The van der Waals surface area contributed by atoms with Crippen molar-refractivity contribution in [1.82, 2.24) is 4.98 Å². The molecule has 0 aromatic carbocycles. The summed E-state index contributed by atoms with van der Waals surface area (Å²) in [7, 11) is 0. The number of alkyl halides is 2. The van der Waals surface area contributed by atoms with Gasteiger partial charge in [0.2, 0.25) is 5.95 Å². The fraction of sp³-hybridized carbons (Fsp3) is 0.286. The number of nitrogens with two attached hydrogens (primary N) is 2. The molecule has 0 spiro atoms. The predicted octanol–water partition coefficient (Wildman–Crippen LogP) is 1.20. The summed E-state index contributed by atoms with van der Waals surface area (Å²) < 4.78 is 37.2. The average molecular weight is 191 g/mol. The summed E-state index contributed by atoms with van der Waals surface area (Å²) in [6.07, 6.45) is -2.05. The molecule has 0 fully saturated rings. The van der Waals surface area contributed by atoms with Crippen LogP contribution in [-0.4, -0.2) is 4.98 Å². The molecular weight excluding hydrogens is 183 g/mol. The van der Waals surface area contributed by atoms with E-state index in [-0.39, 0.29) is 17.8 Å². The van der Waals surface area contributed by atoms with E-state index in [9.17, 15) is 13.2 Å². The minimum absolute atomic E-state index is 0.169. The van der Waals surface area contributed by atoms with Gasteiger partial charge in [-0.3, -0.25) is 0 Å². The summed E-state index contributed by atoms with van der Waals surface area (Å²) >= 11 is 0. The molecule has 0 unspecified atom stereocenters. The molecule has 72 valence electrons. The normalized spacial score (nSPS) is 10.8. The minimum atomic E-state index is -2.77. The molecule has 0 atom stereocenters. The van der Waals surface area contributed by atoms with Gasteiger partial charge in [0.1, 0.15) is 0 Å². The van der Waals surface area contributed by atoms with Gasteiger partial charge in [-0.05, 0) is 0 Å². The molecule has 0 bridgehead atoms. The van der Waals surface area contributed by atoms with E-state index in [1.54, 1.807) is 0 Å². The van der Waals surface area contributed by atoms with Gasteiger partial charge in [-0.2, -0.15) is 4.39 Å². The highest BCUT2D eigenvalue weighted by Gasteiger charge is 2.17. The zero-order chi connectivity index (χ0) is 10.0. The second-order valence-corrected chi connectivity index (χ2v) is 2.40. The smallest absolute Gasteiger partial charge is 0.267 e. The second-order valence-electron chi connectivity index (χ2n) is 2.40. The molecule has 0 aliphatic heterocycles. The van der Waals surface area contributed by atoms with Crippen molar-refractivity contribution >= 4 is 5.69 Å². The Morgan fingerprint density at radius 3 is 2.54 bits per heavy atom. The third-order valence-electron chi connectivity index (χ3n) is 1.64. The van der Waals surface area contributed by atoms with E-state index >= 15 is 0 Å². The van der Waals surface area contributed by atoms with Crippen LogP contribution in [0.15, 0.2) is 6.20 Å². The van der Waals surface area contributed by atoms with Gasteiger partial charge in [0, 0.05) is 18.3 Å². The first kappa shape index (κ1) is 9.79. The van der Waals surface area contributed by atoms with Crippen LogP contribution in [0.1, 0.15) is 17.6 Å². The topological polar surface area (TPSA) is 64.9 Å². The van der Waals surface area contributed by atoms with E-state index in [4.69, 9.17) is 11.5 Å². The fourth-order valence-corrected chi connectivity index (χ4v) is 0.927. The molecular formula is C7H8F3N3. The molecule has 1 heterocycles. The van der Waals surface area contributed by atoms with E-state index < -0.39 is 17.9 Å². The maximum atomic E-state index is 12.8. The van der Waals surface area contributed by atoms with Gasteiger partial charge in [0.15, 0.2) is 0 Å². The molecule has 6 heteroatoms. The van der Waals surface area contributed by atoms with Gasteiger partial charge in [-0.25, -0.2) is 13.8 Å². The molecule has 0 saturated heterocycles. The Hall–Kier alpha value is -1.30. The van der Waals surface area contributed by atoms with E-state index in [1.807, 2.05) is 0 Å². The Labute approximate surface area is 72.6 Å². The number of anilines is 1.